The third kappa shape index (κ3) is 5.94. The zero-order valence-electron chi connectivity index (χ0n) is 11.5. The minimum absolute atomic E-state index is 0.0101. The Hall–Kier alpha value is -1.26. The van der Waals surface area contributed by atoms with Crippen molar-refractivity contribution in [3.05, 3.63) is 23.2 Å². The first-order valence-electron chi connectivity index (χ1n) is 6.21. The highest BCUT2D eigenvalue weighted by Gasteiger charge is 2.18. The van der Waals surface area contributed by atoms with E-state index in [1.807, 2.05) is 0 Å². The van der Waals surface area contributed by atoms with Crippen molar-refractivity contribution in [2.24, 2.45) is 11.1 Å². The van der Waals surface area contributed by atoms with E-state index in [1.54, 1.807) is 6.07 Å². The summed E-state index contributed by atoms with van der Waals surface area (Å²) in [4.78, 5) is 11.8. The van der Waals surface area contributed by atoms with Gasteiger partial charge in [-0.3, -0.25) is 4.79 Å². The van der Waals surface area contributed by atoms with E-state index in [4.69, 9.17) is 17.3 Å². The molecular weight excluding hydrogens is 264 g/mol. The zero-order chi connectivity index (χ0) is 14.6. The Bertz CT molecular complexity index is 455. The number of aromatic hydroxyl groups is 1. The van der Waals surface area contributed by atoms with Crippen LogP contribution in [0.4, 0.5) is 5.69 Å². The van der Waals surface area contributed by atoms with E-state index in [9.17, 15) is 9.90 Å². The number of carbonyl (C=O) groups excluding carboxylic acids is 1. The molecule has 0 saturated heterocycles. The van der Waals surface area contributed by atoms with Crippen molar-refractivity contribution in [1.82, 2.24) is 0 Å². The molecule has 4 N–H and O–H groups in total. The summed E-state index contributed by atoms with van der Waals surface area (Å²) in [6.07, 6.45) is 1.03. The van der Waals surface area contributed by atoms with Crippen LogP contribution in [0.25, 0.3) is 0 Å². The number of halogens is 1. The fourth-order valence-corrected chi connectivity index (χ4v) is 2.07. The van der Waals surface area contributed by atoms with Gasteiger partial charge in [-0.25, -0.2) is 0 Å². The summed E-state index contributed by atoms with van der Waals surface area (Å²) in [5, 5.41) is 12.2. The van der Waals surface area contributed by atoms with Gasteiger partial charge in [0.25, 0.3) is 0 Å². The summed E-state index contributed by atoms with van der Waals surface area (Å²) in [7, 11) is 0. The second-order valence-electron chi connectivity index (χ2n) is 5.94. The maximum absolute atomic E-state index is 11.8. The Balaban J connectivity index is 2.53. The number of amides is 1. The summed E-state index contributed by atoms with van der Waals surface area (Å²) in [6, 6.07) is 4.36. The predicted molar refractivity (Wildman–Crippen MR) is 78.4 cm³/mol. The summed E-state index contributed by atoms with van der Waals surface area (Å²) in [5.74, 6) is -0.164. The normalized spacial score (nSPS) is 13.1. The van der Waals surface area contributed by atoms with Gasteiger partial charge >= 0.3 is 0 Å². The van der Waals surface area contributed by atoms with E-state index in [1.165, 1.54) is 12.1 Å². The van der Waals surface area contributed by atoms with E-state index < -0.39 is 0 Å². The fourth-order valence-electron chi connectivity index (χ4n) is 1.89. The molecule has 0 heterocycles. The van der Waals surface area contributed by atoms with Crippen LogP contribution in [0.5, 0.6) is 5.75 Å². The van der Waals surface area contributed by atoms with Crippen LogP contribution in [0.1, 0.15) is 33.6 Å². The summed E-state index contributed by atoms with van der Waals surface area (Å²) in [6.45, 7) is 6.26. The summed E-state index contributed by atoms with van der Waals surface area (Å²) >= 11 is 5.76. The molecule has 106 valence electrons. The molecule has 0 radical (unpaired) electrons. The molecular formula is C14H21ClN2O2. The van der Waals surface area contributed by atoms with Crippen molar-refractivity contribution in [3.8, 4) is 5.75 Å². The Morgan fingerprint density at radius 3 is 2.63 bits per heavy atom. The lowest BCUT2D eigenvalue weighted by Crippen LogP contribution is -2.31. The summed E-state index contributed by atoms with van der Waals surface area (Å²) in [5.41, 5.74) is 6.59. The predicted octanol–water partition coefficient (Wildman–Crippen LogP) is 3.14. The van der Waals surface area contributed by atoms with Gasteiger partial charge in [0.2, 0.25) is 5.91 Å². The van der Waals surface area contributed by atoms with E-state index >= 15 is 0 Å². The molecule has 0 aliphatic carbocycles. The van der Waals surface area contributed by atoms with Gasteiger partial charge in [0, 0.05) is 18.2 Å². The Morgan fingerprint density at radius 1 is 1.47 bits per heavy atom. The molecule has 0 saturated carbocycles. The van der Waals surface area contributed by atoms with Gasteiger partial charge < -0.3 is 16.2 Å². The van der Waals surface area contributed by atoms with Crippen molar-refractivity contribution in [1.29, 1.82) is 0 Å². The number of benzene rings is 1. The minimum atomic E-state index is -0.174. The SMILES string of the molecule is CC(C)(C)CC(N)CC(=O)Nc1ccc(O)c(Cl)c1. The third-order valence-corrected chi connectivity index (χ3v) is 2.86. The highest BCUT2D eigenvalue weighted by atomic mass is 35.5. The van der Waals surface area contributed by atoms with Crippen LogP contribution in [-0.2, 0) is 4.79 Å². The van der Waals surface area contributed by atoms with Crippen LogP contribution in [0.3, 0.4) is 0 Å². The van der Waals surface area contributed by atoms with Crippen LogP contribution in [-0.4, -0.2) is 17.1 Å². The number of nitrogens with two attached hydrogens (primary N) is 1. The number of carbonyl (C=O) groups is 1. The highest BCUT2D eigenvalue weighted by molar-refractivity contribution is 6.32. The van der Waals surface area contributed by atoms with E-state index in [-0.39, 0.29) is 34.6 Å². The van der Waals surface area contributed by atoms with Crippen molar-refractivity contribution in [2.75, 3.05) is 5.32 Å². The van der Waals surface area contributed by atoms with Gasteiger partial charge in [0.15, 0.2) is 0 Å². The number of nitrogens with one attached hydrogen (secondary N) is 1. The Morgan fingerprint density at radius 2 is 2.11 bits per heavy atom. The van der Waals surface area contributed by atoms with E-state index in [0.29, 0.717) is 5.69 Å². The second kappa shape index (κ2) is 6.26. The maximum atomic E-state index is 11.8. The Kier molecular flexibility index (Phi) is 5.20. The van der Waals surface area contributed by atoms with Gasteiger partial charge in [-0.15, -0.1) is 0 Å². The first-order valence-corrected chi connectivity index (χ1v) is 6.59. The fraction of sp³-hybridized carbons (Fsp3) is 0.500. The van der Waals surface area contributed by atoms with Gasteiger partial charge in [0.1, 0.15) is 5.75 Å². The second-order valence-corrected chi connectivity index (χ2v) is 6.35. The molecule has 1 atom stereocenters. The molecule has 4 nitrogen and oxygen atoms in total. The zero-order valence-corrected chi connectivity index (χ0v) is 12.3. The topological polar surface area (TPSA) is 75.4 Å². The molecule has 1 unspecified atom stereocenters. The van der Waals surface area contributed by atoms with Crippen LogP contribution in [0.15, 0.2) is 18.2 Å². The first kappa shape index (κ1) is 15.8. The van der Waals surface area contributed by atoms with Crippen LogP contribution < -0.4 is 11.1 Å². The highest BCUT2D eigenvalue weighted by Crippen LogP contribution is 2.26. The monoisotopic (exact) mass is 284 g/mol. The molecule has 1 aromatic rings. The quantitative estimate of drug-likeness (QED) is 0.744. The Labute approximate surface area is 118 Å². The number of anilines is 1. The molecule has 1 aromatic carbocycles. The molecule has 5 heteroatoms. The lowest BCUT2D eigenvalue weighted by Gasteiger charge is -2.22. The van der Waals surface area contributed by atoms with Gasteiger partial charge in [-0.05, 0) is 30.0 Å². The van der Waals surface area contributed by atoms with Gasteiger partial charge in [-0.2, -0.15) is 0 Å². The van der Waals surface area contributed by atoms with Crippen molar-refractivity contribution >= 4 is 23.2 Å². The molecule has 0 aromatic heterocycles. The third-order valence-electron chi connectivity index (χ3n) is 2.55. The molecule has 19 heavy (non-hydrogen) atoms. The standard InChI is InChI=1S/C14H21ClN2O2/c1-14(2,3)8-9(16)6-13(19)17-10-4-5-12(18)11(15)7-10/h4-5,7,9,18H,6,8,16H2,1-3H3,(H,17,19). The smallest absolute Gasteiger partial charge is 0.225 e. The molecule has 0 aliphatic rings. The average molecular weight is 285 g/mol. The van der Waals surface area contributed by atoms with Crippen molar-refractivity contribution < 1.29 is 9.90 Å². The molecule has 1 rings (SSSR count). The van der Waals surface area contributed by atoms with Crippen molar-refractivity contribution in [3.63, 3.8) is 0 Å². The first-order chi connectivity index (χ1) is 8.67. The maximum Gasteiger partial charge on any atom is 0.225 e. The van der Waals surface area contributed by atoms with Crippen molar-refractivity contribution in [2.45, 2.75) is 39.7 Å². The van der Waals surface area contributed by atoms with Gasteiger partial charge in [-0.1, -0.05) is 32.4 Å². The largest absolute Gasteiger partial charge is 0.506 e. The lowest BCUT2D eigenvalue weighted by atomic mass is 9.87. The number of hydrogen-bond donors (Lipinski definition) is 3. The number of phenolic OH excluding ortho intramolecular Hbond substituents is 1. The number of phenols is 1. The molecule has 0 aliphatic heterocycles. The molecule has 1 amide bonds. The molecule has 0 bridgehead atoms. The number of rotatable bonds is 4. The van der Waals surface area contributed by atoms with Crippen LogP contribution in [0, 0.1) is 5.41 Å². The molecule has 0 spiro atoms. The summed E-state index contributed by atoms with van der Waals surface area (Å²) < 4.78 is 0. The van der Waals surface area contributed by atoms with Crippen LogP contribution >= 0.6 is 11.6 Å². The molecule has 0 fully saturated rings. The number of hydrogen-bond acceptors (Lipinski definition) is 3. The average Bonchev–Trinajstić information content (AvgIpc) is 2.20. The lowest BCUT2D eigenvalue weighted by molar-refractivity contribution is -0.116. The van der Waals surface area contributed by atoms with E-state index in [0.717, 1.165) is 6.42 Å². The van der Waals surface area contributed by atoms with Crippen LogP contribution in [0.2, 0.25) is 5.02 Å². The minimum Gasteiger partial charge on any atom is -0.506 e. The van der Waals surface area contributed by atoms with E-state index in [2.05, 4.69) is 26.1 Å². The van der Waals surface area contributed by atoms with Gasteiger partial charge in [0.05, 0.1) is 5.02 Å².